The van der Waals surface area contributed by atoms with Gasteiger partial charge in [0.05, 0.1) is 5.69 Å². The third kappa shape index (κ3) is 3.28. The van der Waals surface area contributed by atoms with Crippen LogP contribution >= 0.6 is 0 Å². The molecule has 2 heterocycles. The molecule has 0 spiro atoms. The molecule has 0 bridgehead atoms. The number of carbonyl (C=O) groups excluding carboxylic acids is 1. The van der Waals surface area contributed by atoms with Crippen LogP contribution in [0.2, 0.25) is 0 Å². The molecule has 26 heavy (non-hydrogen) atoms. The molecule has 2 amide bonds. The van der Waals surface area contributed by atoms with E-state index in [9.17, 15) is 4.79 Å². The lowest BCUT2D eigenvalue weighted by Gasteiger charge is -2.09. The molecule has 0 fully saturated rings. The van der Waals surface area contributed by atoms with Gasteiger partial charge in [0.1, 0.15) is 0 Å². The summed E-state index contributed by atoms with van der Waals surface area (Å²) in [5.41, 5.74) is 4.41. The number of hydrogen-bond acceptors (Lipinski definition) is 2. The van der Waals surface area contributed by atoms with Crippen molar-refractivity contribution in [3.8, 4) is 11.3 Å². The van der Waals surface area contributed by atoms with Gasteiger partial charge in [0.25, 0.3) is 0 Å². The van der Waals surface area contributed by atoms with Crippen molar-refractivity contribution in [2.45, 2.75) is 0 Å². The fourth-order valence-electron chi connectivity index (χ4n) is 2.94. The van der Waals surface area contributed by atoms with Crippen LogP contribution in [0.15, 0.2) is 79.1 Å². The van der Waals surface area contributed by atoms with Crippen LogP contribution in [0.5, 0.6) is 0 Å². The molecule has 0 atom stereocenters. The molecular formula is C21H18N4O. The van der Waals surface area contributed by atoms with Gasteiger partial charge in [0.2, 0.25) is 0 Å². The van der Waals surface area contributed by atoms with E-state index < -0.39 is 0 Å². The molecular weight excluding hydrogens is 324 g/mol. The summed E-state index contributed by atoms with van der Waals surface area (Å²) in [6, 6.07) is 21.0. The smallest absolute Gasteiger partial charge is 0.323 e. The molecule has 0 saturated heterocycles. The first-order valence-electron chi connectivity index (χ1n) is 8.34. The number of pyridine rings is 1. The Morgan fingerprint density at radius 1 is 0.923 bits per heavy atom. The molecule has 0 aliphatic carbocycles. The lowest BCUT2D eigenvalue weighted by atomic mass is 10.1. The standard InChI is InChI=1S/C21H18N4O/c1-25-12-10-16-14-18(8-9-20(16)25)24-21(26)23-17-6-4-5-15(13-17)19-7-2-3-11-22-19/h2-14H,1H3,(H2,23,24,26). The van der Waals surface area contributed by atoms with E-state index in [0.29, 0.717) is 5.69 Å². The molecule has 5 nitrogen and oxygen atoms in total. The molecule has 5 heteroatoms. The Labute approximate surface area is 151 Å². The van der Waals surface area contributed by atoms with Gasteiger partial charge in [-0.2, -0.15) is 0 Å². The number of aromatic nitrogens is 2. The van der Waals surface area contributed by atoms with Gasteiger partial charge >= 0.3 is 6.03 Å². The van der Waals surface area contributed by atoms with Crippen molar-refractivity contribution < 1.29 is 4.79 Å². The second-order valence-electron chi connectivity index (χ2n) is 6.08. The van der Waals surface area contributed by atoms with Crippen molar-refractivity contribution in [2.24, 2.45) is 7.05 Å². The number of aryl methyl sites for hydroxylation is 1. The number of hydrogen-bond donors (Lipinski definition) is 2. The number of nitrogens with one attached hydrogen (secondary N) is 2. The van der Waals surface area contributed by atoms with Crippen molar-refractivity contribution in [1.82, 2.24) is 9.55 Å². The number of fused-ring (bicyclic) bond motifs is 1. The zero-order valence-electron chi connectivity index (χ0n) is 14.3. The minimum absolute atomic E-state index is 0.279. The summed E-state index contributed by atoms with van der Waals surface area (Å²) in [5.74, 6) is 0. The van der Waals surface area contributed by atoms with E-state index in [0.717, 1.165) is 27.8 Å². The average molecular weight is 342 g/mol. The number of amides is 2. The molecule has 2 aromatic heterocycles. The Bertz CT molecular complexity index is 1070. The van der Waals surface area contributed by atoms with Crippen molar-refractivity contribution in [1.29, 1.82) is 0 Å². The molecule has 0 radical (unpaired) electrons. The van der Waals surface area contributed by atoms with Gasteiger partial charge in [-0.25, -0.2) is 4.79 Å². The zero-order chi connectivity index (χ0) is 17.9. The molecule has 2 aromatic carbocycles. The second kappa shape index (κ2) is 6.72. The fraction of sp³-hybridized carbons (Fsp3) is 0.0476. The summed E-state index contributed by atoms with van der Waals surface area (Å²) in [6.45, 7) is 0. The van der Waals surface area contributed by atoms with E-state index in [2.05, 4.69) is 15.6 Å². The lowest BCUT2D eigenvalue weighted by Crippen LogP contribution is -2.19. The Balaban J connectivity index is 1.49. The van der Waals surface area contributed by atoms with Crippen molar-refractivity contribution >= 4 is 28.3 Å². The molecule has 4 aromatic rings. The minimum Gasteiger partial charge on any atom is -0.351 e. The van der Waals surface area contributed by atoms with Gasteiger partial charge in [0, 0.05) is 47.3 Å². The van der Waals surface area contributed by atoms with E-state index in [-0.39, 0.29) is 6.03 Å². The van der Waals surface area contributed by atoms with Gasteiger partial charge in [-0.3, -0.25) is 4.98 Å². The van der Waals surface area contributed by atoms with Gasteiger partial charge in [-0.1, -0.05) is 18.2 Å². The predicted octanol–water partition coefficient (Wildman–Crippen LogP) is 4.88. The van der Waals surface area contributed by atoms with E-state index in [1.54, 1.807) is 6.20 Å². The predicted molar refractivity (Wildman–Crippen MR) is 105 cm³/mol. The molecule has 2 N–H and O–H groups in total. The van der Waals surface area contributed by atoms with Crippen molar-refractivity contribution in [3.05, 3.63) is 79.1 Å². The second-order valence-corrected chi connectivity index (χ2v) is 6.08. The van der Waals surface area contributed by atoms with Crippen LogP contribution in [0.1, 0.15) is 0 Å². The van der Waals surface area contributed by atoms with Crippen LogP contribution in [0.4, 0.5) is 16.2 Å². The highest BCUT2D eigenvalue weighted by atomic mass is 16.2. The highest BCUT2D eigenvalue weighted by Crippen LogP contribution is 2.22. The van der Waals surface area contributed by atoms with E-state index >= 15 is 0 Å². The Kier molecular flexibility index (Phi) is 4.11. The van der Waals surface area contributed by atoms with Crippen LogP contribution in [0.3, 0.4) is 0 Å². The summed E-state index contributed by atoms with van der Waals surface area (Å²) in [5, 5.41) is 6.83. The highest BCUT2D eigenvalue weighted by Gasteiger charge is 2.06. The van der Waals surface area contributed by atoms with Crippen molar-refractivity contribution in [2.75, 3.05) is 10.6 Å². The van der Waals surface area contributed by atoms with Crippen LogP contribution in [-0.4, -0.2) is 15.6 Å². The van der Waals surface area contributed by atoms with E-state index in [1.165, 1.54) is 0 Å². The third-order valence-electron chi connectivity index (χ3n) is 4.22. The third-order valence-corrected chi connectivity index (χ3v) is 4.22. The van der Waals surface area contributed by atoms with Crippen LogP contribution < -0.4 is 10.6 Å². The van der Waals surface area contributed by atoms with Crippen LogP contribution in [0, 0.1) is 0 Å². The zero-order valence-corrected chi connectivity index (χ0v) is 14.3. The van der Waals surface area contributed by atoms with Crippen molar-refractivity contribution in [3.63, 3.8) is 0 Å². The number of anilines is 2. The SMILES string of the molecule is Cn1ccc2cc(NC(=O)Nc3cccc(-c4ccccn4)c3)ccc21. The van der Waals surface area contributed by atoms with Gasteiger partial charge in [0.15, 0.2) is 0 Å². The Morgan fingerprint density at radius 3 is 2.58 bits per heavy atom. The molecule has 0 saturated carbocycles. The van der Waals surface area contributed by atoms with Gasteiger partial charge in [-0.15, -0.1) is 0 Å². The highest BCUT2D eigenvalue weighted by molar-refractivity contribution is 6.01. The number of urea groups is 1. The van der Waals surface area contributed by atoms with Gasteiger partial charge in [-0.05, 0) is 48.5 Å². The molecule has 0 unspecified atom stereocenters. The number of nitrogens with zero attached hydrogens (tertiary/aromatic N) is 2. The summed E-state index contributed by atoms with van der Waals surface area (Å²) in [6.07, 6.45) is 3.75. The summed E-state index contributed by atoms with van der Waals surface area (Å²) >= 11 is 0. The van der Waals surface area contributed by atoms with Crippen LogP contribution in [-0.2, 0) is 7.05 Å². The topological polar surface area (TPSA) is 59.0 Å². The number of carbonyl (C=O) groups is 1. The summed E-state index contributed by atoms with van der Waals surface area (Å²) in [7, 11) is 2.00. The first-order valence-corrected chi connectivity index (χ1v) is 8.34. The molecule has 0 aliphatic heterocycles. The molecule has 4 rings (SSSR count). The largest absolute Gasteiger partial charge is 0.351 e. The van der Waals surface area contributed by atoms with E-state index in [4.69, 9.17) is 0 Å². The monoisotopic (exact) mass is 342 g/mol. The Morgan fingerprint density at radius 2 is 1.77 bits per heavy atom. The Hall–Kier alpha value is -3.60. The maximum absolute atomic E-state index is 12.3. The number of benzene rings is 2. The fourth-order valence-corrected chi connectivity index (χ4v) is 2.94. The van der Waals surface area contributed by atoms with Crippen LogP contribution in [0.25, 0.3) is 22.2 Å². The van der Waals surface area contributed by atoms with Gasteiger partial charge < -0.3 is 15.2 Å². The average Bonchev–Trinajstić information content (AvgIpc) is 3.03. The minimum atomic E-state index is -0.279. The lowest BCUT2D eigenvalue weighted by molar-refractivity contribution is 0.262. The first kappa shape index (κ1) is 15.9. The maximum atomic E-state index is 12.3. The first-order chi connectivity index (χ1) is 12.7. The molecule has 0 aliphatic rings. The summed E-state index contributed by atoms with van der Waals surface area (Å²) in [4.78, 5) is 16.7. The number of rotatable bonds is 3. The normalized spacial score (nSPS) is 10.7. The molecule has 128 valence electrons. The maximum Gasteiger partial charge on any atom is 0.323 e. The van der Waals surface area contributed by atoms with E-state index in [1.807, 2.05) is 84.5 Å². The quantitative estimate of drug-likeness (QED) is 0.557. The summed E-state index contributed by atoms with van der Waals surface area (Å²) < 4.78 is 2.04.